The van der Waals surface area contributed by atoms with Crippen LogP contribution in [-0.2, 0) is 6.42 Å². The van der Waals surface area contributed by atoms with E-state index in [1.54, 1.807) is 0 Å². The topological polar surface area (TPSA) is 30.5 Å². The number of fused-ring (bicyclic) bond motifs is 1. The van der Waals surface area contributed by atoms with Crippen molar-refractivity contribution in [3.8, 4) is 11.5 Å². The Bertz CT molecular complexity index is 425. The molecule has 0 radical (unpaired) electrons. The highest BCUT2D eigenvalue weighted by Crippen LogP contribution is 2.36. The van der Waals surface area contributed by atoms with E-state index in [0.717, 1.165) is 30.4 Å². The van der Waals surface area contributed by atoms with Crippen LogP contribution in [0.1, 0.15) is 24.0 Å². The minimum Gasteiger partial charge on any atom is -0.486 e. The molecule has 3 rings (SSSR count). The molecular formula is C15H21NO2. The molecule has 1 unspecified atom stereocenters. The van der Waals surface area contributed by atoms with Gasteiger partial charge in [0.25, 0.3) is 0 Å². The van der Waals surface area contributed by atoms with Crippen LogP contribution in [0.25, 0.3) is 0 Å². The minimum atomic E-state index is 0.668. The second-order valence-electron chi connectivity index (χ2n) is 5.36. The van der Waals surface area contributed by atoms with E-state index in [4.69, 9.17) is 9.47 Å². The van der Waals surface area contributed by atoms with Crippen LogP contribution in [-0.4, -0.2) is 26.3 Å². The summed E-state index contributed by atoms with van der Waals surface area (Å²) in [4.78, 5) is 0. The van der Waals surface area contributed by atoms with Crippen molar-refractivity contribution >= 4 is 0 Å². The fourth-order valence-electron chi connectivity index (χ4n) is 2.94. The number of rotatable bonds is 2. The average molecular weight is 247 g/mol. The first kappa shape index (κ1) is 11.8. The molecule has 98 valence electrons. The van der Waals surface area contributed by atoms with Crippen molar-refractivity contribution in [2.45, 2.75) is 26.2 Å². The Kier molecular flexibility index (Phi) is 3.41. The summed E-state index contributed by atoms with van der Waals surface area (Å²) in [6.07, 6.45) is 3.70. The third-order valence-electron chi connectivity index (χ3n) is 3.77. The van der Waals surface area contributed by atoms with Gasteiger partial charge in [0.2, 0.25) is 0 Å². The van der Waals surface area contributed by atoms with E-state index in [2.05, 4.69) is 24.4 Å². The third-order valence-corrected chi connectivity index (χ3v) is 3.77. The van der Waals surface area contributed by atoms with Gasteiger partial charge in [0.15, 0.2) is 11.5 Å². The molecule has 18 heavy (non-hydrogen) atoms. The van der Waals surface area contributed by atoms with Crippen LogP contribution in [0.2, 0.25) is 0 Å². The molecule has 1 saturated heterocycles. The van der Waals surface area contributed by atoms with Gasteiger partial charge in [-0.05, 0) is 62.4 Å². The van der Waals surface area contributed by atoms with Gasteiger partial charge in [0.05, 0.1) is 0 Å². The molecule has 1 N–H and O–H groups in total. The lowest BCUT2D eigenvalue weighted by atomic mass is 9.91. The molecule has 1 fully saturated rings. The molecule has 3 heteroatoms. The normalized spacial score (nSPS) is 22.8. The molecule has 0 aliphatic carbocycles. The van der Waals surface area contributed by atoms with Crippen LogP contribution in [0.4, 0.5) is 0 Å². The molecule has 1 aromatic carbocycles. The Balaban J connectivity index is 1.83. The number of nitrogens with one attached hydrogen (secondary N) is 1. The van der Waals surface area contributed by atoms with Gasteiger partial charge in [-0.15, -0.1) is 0 Å². The van der Waals surface area contributed by atoms with Crippen molar-refractivity contribution in [3.63, 3.8) is 0 Å². The lowest BCUT2D eigenvalue weighted by Gasteiger charge is -2.26. The number of hydrogen-bond donors (Lipinski definition) is 1. The zero-order valence-electron chi connectivity index (χ0n) is 11.0. The van der Waals surface area contributed by atoms with Gasteiger partial charge >= 0.3 is 0 Å². The maximum Gasteiger partial charge on any atom is 0.164 e. The molecule has 2 aliphatic heterocycles. The summed E-state index contributed by atoms with van der Waals surface area (Å²) in [5, 5.41) is 3.48. The monoisotopic (exact) mass is 247 g/mol. The van der Waals surface area contributed by atoms with E-state index in [-0.39, 0.29) is 0 Å². The molecule has 2 heterocycles. The minimum absolute atomic E-state index is 0.668. The van der Waals surface area contributed by atoms with Gasteiger partial charge in [-0.1, -0.05) is 6.07 Å². The number of ether oxygens (including phenoxy) is 2. The van der Waals surface area contributed by atoms with Gasteiger partial charge in [0.1, 0.15) is 13.2 Å². The van der Waals surface area contributed by atoms with Crippen LogP contribution >= 0.6 is 0 Å². The van der Waals surface area contributed by atoms with E-state index >= 15 is 0 Å². The smallest absolute Gasteiger partial charge is 0.164 e. The lowest BCUT2D eigenvalue weighted by molar-refractivity contribution is 0.169. The average Bonchev–Trinajstić information content (AvgIpc) is 2.40. The molecule has 2 aliphatic rings. The summed E-state index contributed by atoms with van der Waals surface area (Å²) >= 11 is 0. The predicted octanol–water partition coefficient (Wildman–Crippen LogP) is 2.31. The Hall–Kier alpha value is -1.22. The van der Waals surface area contributed by atoms with E-state index < -0.39 is 0 Å². The summed E-state index contributed by atoms with van der Waals surface area (Å²) in [5.41, 5.74) is 2.58. The fourth-order valence-corrected chi connectivity index (χ4v) is 2.94. The van der Waals surface area contributed by atoms with Crippen LogP contribution in [0, 0.1) is 12.8 Å². The van der Waals surface area contributed by atoms with Crippen molar-refractivity contribution in [1.29, 1.82) is 0 Å². The van der Waals surface area contributed by atoms with Crippen molar-refractivity contribution in [1.82, 2.24) is 5.32 Å². The lowest BCUT2D eigenvalue weighted by Crippen LogP contribution is -2.31. The Morgan fingerprint density at radius 1 is 1.28 bits per heavy atom. The summed E-state index contributed by atoms with van der Waals surface area (Å²) in [6.45, 7) is 5.76. The van der Waals surface area contributed by atoms with Gasteiger partial charge in [-0.2, -0.15) is 0 Å². The van der Waals surface area contributed by atoms with Gasteiger partial charge < -0.3 is 14.8 Å². The molecule has 0 aromatic heterocycles. The molecule has 1 aromatic rings. The maximum absolute atomic E-state index is 5.81. The largest absolute Gasteiger partial charge is 0.486 e. The highest BCUT2D eigenvalue weighted by atomic mass is 16.6. The second kappa shape index (κ2) is 5.19. The van der Waals surface area contributed by atoms with Crippen LogP contribution in [0.3, 0.4) is 0 Å². The quantitative estimate of drug-likeness (QED) is 0.870. The van der Waals surface area contributed by atoms with E-state index in [1.807, 2.05) is 0 Å². The van der Waals surface area contributed by atoms with E-state index in [1.165, 1.54) is 30.5 Å². The number of benzene rings is 1. The first-order valence-corrected chi connectivity index (χ1v) is 6.93. The van der Waals surface area contributed by atoms with Gasteiger partial charge in [-0.3, -0.25) is 0 Å². The molecule has 0 bridgehead atoms. The first-order chi connectivity index (χ1) is 8.83. The maximum atomic E-state index is 5.81. The molecule has 0 spiro atoms. The summed E-state index contributed by atoms with van der Waals surface area (Å²) in [6, 6.07) is 4.33. The highest BCUT2D eigenvalue weighted by Gasteiger charge is 2.20. The Labute approximate surface area is 108 Å². The van der Waals surface area contributed by atoms with Crippen LogP contribution < -0.4 is 14.8 Å². The highest BCUT2D eigenvalue weighted by molar-refractivity contribution is 5.50. The Morgan fingerprint density at radius 2 is 2.17 bits per heavy atom. The molecule has 3 nitrogen and oxygen atoms in total. The van der Waals surface area contributed by atoms with Crippen molar-refractivity contribution in [3.05, 3.63) is 23.3 Å². The molecular weight excluding hydrogens is 226 g/mol. The zero-order valence-corrected chi connectivity index (χ0v) is 11.0. The summed E-state index contributed by atoms with van der Waals surface area (Å²) in [5.74, 6) is 2.65. The van der Waals surface area contributed by atoms with E-state index in [0.29, 0.717) is 13.2 Å². The van der Waals surface area contributed by atoms with Gasteiger partial charge in [-0.25, -0.2) is 0 Å². The molecule has 0 amide bonds. The summed E-state index contributed by atoms with van der Waals surface area (Å²) in [7, 11) is 0. The van der Waals surface area contributed by atoms with E-state index in [9.17, 15) is 0 Å². The molecule has 0 saturated carbocycles. The van der Waals surface area contributed by atoms with Crippen LogP contribution in [0.15, 0.2) is 12.1 Å². The van der Waals surface area contributed by atoms with Crippen molar-refractivity contribution < 1.29 is 9.47 Å². The standard InChI is InChI=1S/C15H21NO2/c1-11-7-13(9-12-3-2-4-16-10-12)15-14(8-11)17-5-6-18-15/h7-8,12,16H,2-6,9-10H2,1H3. The van der Waals surface area contributed by atoms with Crippen LogP contribution in [0.5, 0.6) is 11.5 Å². The molecule has 1 atom stereocenters. The SMILES string of the molecule is Cc1cc(CC2CCCNC2)c2c(c1)OCCO2. The summed E-state index contributed by atoms with van der Waals surface area (Å²) < 4.78 is 11.5. The van der Waals surface area contributed by atoms with Crippen molar-refractivity contribution in [2.24, 2.45) is 5.92 Å². The third kappa shape index (κ3) is 2.46. The van der Waals surface area contributed by atoms with Gasteiger partial charge in [0, 0.05) is 0 Å². The number of hydrogen-bond acceptors (Lipinski definition) is 3. The van der Waals surface area contributed by atoms with Crippen molar-refractivity contribution in [2.75, 3.05) is 26.3 Å². The predicted molar refractivity (Wildman–Crippen MR) is 71.5 cm³/mol. The Morgan fingerprint density at radius 3 is 3.00 bits per heavy atom. The number of aryl methyl sites for hydroxylation is 1. The fraction of sp³-hybridized carbons (Fsp3) is 0.600. The number of piperidine rings is 1. The zero-order chi connectivity index (χ0) is 12.4. The first-order valence-electron chi connectivity index (χ1n) is 6.93. The second-order valence-corrected chi connectivity index (χ2v) is 5.36.